The molecule has 0 aliphatic heterocycles. The third kappa shape index (κ3) is 4.43. The van der Waals surface area contributed by atoms with Gasteiger partial charge in [0.2, 0.25) is 5.82 Å². The Morgan fingerprint density at radius 1 is 0.939 bits per heavy atom. The highest BCUT2D eigenvalue weighted by Gasteiger charge is 2.18. The Balaban J connectivity index is 1.40. The van der Waals surface area contributed by atoms with Gasteiger partial charge in [0.15, 0.2) is 0 Å². The topological polar surface area (TPSA) is 111 Å². The second kappa shape index (κ2) is 8.93. The van der Waals surface area contributed by atoms with Crippen LogP contribution in [-0.2, 0) is 0 Å². The zero-order valence-electron chi connectivity index (χ0n) is 17.0. The van der Waals surface area contributed by atoms with E-state index in [9.17, 15) is 4.79 Å². The molecule has 5 aromatic rings. The summed E-state index contributed by atoms with van der Waals surface area (Å²) in [7, 11) is 0. The normalized spacial score (nSPS) is 10.7. The van der Waals surface area contributed by atoms with Crippen molar-refractivity contribution in [2.24, 2.45) is 0 Å². The van der Waals surface area contributed by atoms with E-state index in [1.54, 1.807) is 47.4 Å². The maximum atomic E-state index is 13.0. The average Bonchev–Trinajstić information content (AvgIpc) is 3.52. The Labute approximate surface area is 193 Å². The van der Waals surface area contributed by atoms with Crippen LogP contribution >= 0.6 is 11.6 Å². The van der Waals surface area contributed by atoms with Gasteiger partial charge in [-0.25, -0.2) is 10.1 Å². The molecule has 3 aromatic heterocycles. The number of anilines is 1. The standard InChI is InChI=1S/C23H16ClN7O2/c24-17-8-6-15(7-9-17)19-14-20(31(29-19)18-4-2-1-3-5-18)22(32)27-28-23-26-21(30-33-23)16-10-12-25-13-11-16/h1-14H,(H,27,32)(H,26,28,30). The third-order valence-corrected chi connectivity index (χ3v) is 4.98. The van der Waals surface area contributed by atoms with Gasteiger partial charge in [0.1, 0.15) is 5.69 Å². The summed E-state index contributed by atoms with van der Waals surface area (Å²) in [6, 6.07) is 21.9. The van der Waals surface area contributed by atoms with Crippen LogP contribution in [-0.4, -0.2) is 30.8 Å². The molecule has 5 rings (SSSR count). The Morgan fingerprint density at radius 2 is 1.70 bits per heavy atom. The van der Waals surface area contributed by atoms with Crippen molar-refractivity contribution in [1.29, 1.82) is 0 Å². The van der Waals surface area contributed by atoms with Crippen molar-refractivity contribution in [1.82, 2.24) is 30.3 Å². The predicted octanol–water partition coefficient (Wildman–Crippen LogP) is 4.39. The molecule has 0 aliphatic rings. The number of benzene rings is 2. The van der Waals surface area contributed by atoms with E-state index in [0.29, 0.717) is 22.2 Å². The molecule has 0 unspecified atom stereocenters. The summed E-state index contributed by atoms with van der Waals surface area (Å²) >= 11 is 6.00. The van der Waals surface area contributed by atoms with Gasteiger partial charge in [0, 0.05) is 28.5 Å². The van der Waals surface area contributed by atoms with E-state index in [1.165, 1.54) is 0 Å². The molecule has 0 aliphatic carbocycles. The first-order valence-electron chi connectivity index (χ1n) is 9.89. The molecule has 33 heavy (non-hydrogen) atoms. The molecule has 0 atom stereocenters. The van der Waals surface area contributed by atoms with Crippen LogP contribution in [0.15, 0.2) is 89.7 Å². The minimum Gasteiger partial charge on any atom is -0.313 e. The van der Waals surface area contributed by atoms with Gasteiger partial charge < -0.3 is 4.52 Å². The number of hydrogen-bond donors (Lipinski definition) is 2. The van der Waals surface area contributed by atoms with Crippen LogP contribution in [0.5, 0.6) is 0 Å². The van der Waals surface area contributed by atoms with E-state index in [0.717, 1.165) is 16.8 Å². The lowest BCUT2D eigenvalue weighted by atomic mass is 10.1. The van der Waals surface area contributed by atoms with Gasteiger partial charge in [-0.05, 0) is 42.5 Å². The number of nitrogens with zero attached hydrogens (tertiary/aromatic N) is 5. The molecule has 1 amide bonds. The zero-order chi connectivity index (χ0) is 22.6. The van der Waals surface area contributed by atoms with Gasteiger partial charge in [0.25, 0.3) is 5.91 Å². The first kappa shape index (κ1) is 20.4. The van der Waals surface area contributed by atoms with Crippen LogP contribution in [0.25, 0.3) is 28.3 Å². The smallest absolute Gasteiger partial charge is 0.313 e. The Kier molecular flexibility index (Phi) is 5.52. The lowest BCUT2D eigenvalue weighted by molar-refractivity contribution is 0.0953. The van der Waals surface area contributed by atoms with Crippen molar-refractivity contribution < 1.29 is 9.32 Å². The number of para-hydroxylation sites is 1. The number of carbonyl (C=O) groups excluding carboxylic acids is 1. The van der Waals surface area contributed by atoms with Crippen molar-refractivity contribution in [2.45, 2.75) is 0 Å². The molecule has 3 heterocycles. The number of halogens is 1. The second-order valence-electron chi connectivity index (χ2n) is 6.91. The van der Waals surface area contributed by atoms with Crippen LogP contribution in [0.3, 0.4) is 0 Å². The molecule has 10 heteroatoms. The van der Waals surface area contributed by atoms with Crippen molar-refractivity contribution in [3.05, 3.63) is 95.9 Å². The number of pyridine rings is 1. The molecule has 162 valence electrons. The summed E-state index contributed by atoms with van der Waals surface area (Å²) in [6.07, 6.45) is 3.26. The molecule has 0 bridgehead atoms. The van der Waals surface area contributed by atoms with Crippen LogP contribution in [0.1, 0.15) is 10.5 Å². The molecule has 0 spiro atoms. The van der Waals surface area contributed by atoms with E-state index < -0.39 is 5.91 Å². The number of amides is 1. The Hall–Kier alpha value is -4.50. The van der Waals surface area contributed by atoms with Crippen LogP contribution in [0.4, 0.5) is 6.01 Å². The Bertz CT molecular complexity index is 1380. The van der Waals surface area contributed by atoms with E-state index in [4.69, 9.17) is 16.1 Å². The number of rotatable bonds is 6. The van der Waals surface area contributed by atoms with Gasteiger partial charge in [0.05, 0.1) is 11.4 Å². The molecule has 2 N–H and O–H groups in total. The molecular weight excluding hydrogens is 442 g/mol. The largest absolute Gasteiger partial charge is 0.340 e. The predicted molar refractivity (Wildman–Crippen MR) is 123 cm³/mol. The summed E-state index contributed by atoms with van der Waals surface area (Å²) in [5.41, 5.74) is 8.48. The molecular formula is C23H16ClN7O2. The lowest BCUT2D eigenvalue weighted by Gasteiger charge is -2.07. The monoisotopic (exact) mass is 457 g/mol. The summed E-state index contributed by atoms with van der Waals surface area (Å²) in [4.78, 5) is 21.2. The SMILES string of the molecule is O=C(NNc1nc(-c2ccncc2)no1)c1cc(-c2ccc(Cl)cc2)nn1-c1ccccc1. The van der Waals surface area contributed by atoms with Crippen LogP contribution in [0.2, 0.25) is 5.02 Å². The zero-order valence-corrected chi connectivity index (χ0v) is 17.8. The highest BCUT2D eigenvalue weighted by molar-refractivity contribution is 6.30. The van der Waals surface area contributed by atoms with E-state index >= 15 is 0 Å². The summed E-state index contributed by atoms with van der Waals surface area (Å²) < 4.78 is 6.73. The quantitative estimate of drug-likeness (QED) is 0.363. The van der Waals surface area contributed by atoms with Crippen molar-refractivity contribution in [3.8, 4) is 28.3 Å². The molecule has 0 radical (unpaired) electrons. The second-order valence-corrected chi connectivity index (χ2v) is 7.34. The van der Waals surface area contributed by atoms with Crippen molar-refractivity contribution in [3.63, 3.8) is 0 Å². The first-order valence-corrected chi connectivity index (χ1v) is 10.3. The summed E-state index contributed by atoms with van der Waals surface area (Å²) in [5.74, 6) is -0.0660. The third-order valence-electron chi connectivity index (χ3n) is 4.73. The number of hydrazine groups is 1. The number of hydrogen-bond acceptors (Lipinski definition) is 7. The van der Waals surface area contributed by atoms with Gasteiger partial charge in [-0.3, -0.25) is 15.2 Å². The fourth-order valence-corrected chi connectivity index (χ4v) is 3.26. The van der Waals surface area contributed by atoms with Crippen molar-refractivity contribution >= 4 is 23.5 Å². The molecule has 2 aromatic carbocycles. The van der Waals surface area contributed by atoms with Gasteiger partial charge >= 0.3 is 6.01 Å². The maximum absolute atomic E-state index is 13.0. The number of aromatic nitrogens is 5. The summed E-state index contributed by atoms with van der Waals surface area (Å²) in [6.45, 7) is 0. The van der Waals surface area contributed by atoms with E-state index in [-0.39, 0.29) is 6.01 Å². The fraction of sp³-hybridized carbons (Fsp3) is 0. The average molecular weight is 458 g/mol. The number of carbonyl (C=O) groups is 1. The molecule has 0 saturated heterocycles. The lowest BCUT2D eigenvalue weighted by Crippen LogP contribution is -2.31. The van der Waals surface area contributed by atoms with Gasteiger partial charge in [-0.1, -0.05) is 47.1 Å². The molecule has 9 nitrogen and oxygen atoms in total. The van der Waals surface area contributed by atoms with Gasteiger partial charge in [-0.15, -0.1) is 0 Å². The molecule has 0 saturated carbocycles. The van der Waals surface area contributed by atoms with Crippen molar-refractivity contribution in [2.75, 3.05) is 5.43 Å². The highest BCUT2D eigenvalue weighted by atomic mass is 35.5. The van der Waals surface area contributed by atoms with Crippen LogP contribution in [0, 0.1) is 0 Å². The summed E-state index contributed by atoms with van der Waals surface area (Å²) in [5, 5.41) is 9.14. The fourth-order valence-electron chi connectivity index (χ4n) is 3.14. The number of nitrogens with one attached hydrogen (secondary N) is 2. The van der Waals surface area contributed by atoms with E-state index in [2.05, 4.69) is 31.1 Å². The van der Waals surface area contributed by atoms with Crippen LogP contribution < -0.4 is 10.9 Å². The van der Waals surface area contributed by atoms with Gasteiger partial charge in [-0.2, -0.15) is 10.1 Å². The van der Waals surface area contributed by atoms with E-state index in [1.807, 2.05) is 42.5 Å². The highest BCUT2D eigenvalue weighted by Crippen LogP contribution is 2.23. The minimum absolute atomic E-state index is 0.0406. The first-order chi connectivity index (χ1) is 16.2. The maximum Gasteiger partial charge on any atom is 0.340 e. The molecule has 0 fully saturated rings. The minimum atomic E-state index is -0.435. The Morgan fingerprint density at radius 3 is 2.45 bits per heavy atom.